The molecule has 1 saturated heterocycles. The maximum Gasteiger partial charge on any atom is 0.340 e. The van der Waals surface area contributed by atoms with Crippen molar-refractivity contribution in [1.29, 1.82) is 0 Å². The largest absolute Gasteiger partial charge is 0.462 e. The van der Waals surface area contributed by atoms with Gasteiger partial charge in [0.25, 0.3) is 5.91 Å². The van der Waals surface area contributed by atoms with E-state index < -0.39 is 0 Å². The van der Waals surface area contributed by atoms with Crippen LogP contribution in [0.4, 0.5) is 0 Å². The van der Waals surface area contributed by atoms with Crippen LogP contribution in [0, 0.1) is 19.8 Å². The summed E-state index contributed by atoms with van der Waals surface area (Å²) in [4.78, 5) is 29.6. The maximum atomic E-state index is 12.7. The third-order valence-electron chi connectivity index (χ3n) is 4.08. The highest BCUT2D eigenvalue weighted by atomic mass is 16.5. The molecule has 0 saturated carbocycles. The number of carbonyl (C=O) groups excluding carboxylic acids is 2. The van der Waals surface area contributed by atoms with Gasteiger partial charge in [-0.1, -0.05) is 6.92 Å². The SMILES string of the molecule is CCOC(=O)c1c(C)[nH]c(C(=O)N2CCCC(C)C2)c1C. The lowest BCUT2D eigenvalue weighted by molar-refractivity contribution is 0.0525. The maximum absolute atomic E-state index is 12.7. The van der Waals surface area contributed by atoms with Crippen LogP contribution in [-0.2, 0) is 4.74 Å². The molecular formula is C16H24N2O3. The summed E-state index contributed by atoms with van der Waals surface area (Å²) in [5, 5.41) is 0. The molecule has 0 aliphatic carbocycles. The third kappa shape index (κ3) is 3.12. The van der Waals surface area contributed by atoms with Crippen molar-refractivity contribution in [2.75, 3.05) is 19.7 Å². The third-order valence-corrected chi connectivity index (χ3v) is 4.08. The van der Waals surface area contributed by atoms with Crippen LogP contribution in [0.1, 0.15) is 58.8 Å². The Morgan fingerprint density at radius 1 is 1.38 bits per heavy atom. The fraction of sp³-hybridized carbons (Fsp3) is 0.625. The van der Waals surface area contributed by atoms with E-state index in [1.165, 1.54) is 6.42 Å². The number of aromatic nitrogens is 1. The average molecular weight is 292 g/mol. The highest BCUT2D eigenvalue weighted by molar-refractivity contribution is 6.00. The summed E-state index contributed by atoms with van der Waals surface area (Å²) < 4.78 is 5.06. The van der Waals surface area contributed by atoms with Gasteiger partial charge in [0, 0.05) is 18.8 Å². The van der Waals surface area contributed by atoms with Gasteiger partial charge in [0.1, 0.15) is 5.69 Å². The quantitative estimate of drug-likeness (QED) is 0.871. The number of hydrogen-bond donors (Lipinski definition) is 1. The number of aryl methyl sites for hydroxylation is 1. The number of carbonyl (C=O) groups is 2. The first-order valence-electron chi connectivity index (χ1n) is 7.61. The van der Waals surface area contributed by atoms with Crippen LogP contribution in [0.25, 0.3) is 0 Å². The molecule has 1 aliphatic rings. The molecule has 1 aliphatic heterocycles. The first-order valence-corrected chi connectivity index (χ1v) is 7.61. The van der Waals surface area contributed by atoms with Crippen molar-refractivity contribution in [2.24, 2.45) is 5.92 Å². The van der Waals surface area contributed by atoms with Crippen LogP contribution in [0.3, 0.4) is 0 Å². The van der Waals surface area contributed by atoms with Crippen LogP contribution < -0.4 is 0 Å². The summed E-state index contributed by atoms with van der Waals surface area (Å²) in [6.45, 7) is 9.44. The zero-order chi connectivity index (χ0) is 15.6. The highest BCUT2D eigenvalue weighted by Gasteiger charge is 2.28. The summed E-state index contributed by atoms with van der Waals surface area (Å²) in [7, 11) is 0. The van der Waals surface area contributed by atoms with Crippen molar-refractivity contribution in [1.82, 2.24) is 9.88 Å². The van der Waals surface area contributed by atoms with Crippen molar-refractivity contribution in [3.05, 3.63) is 22.5 Å². The van der Waals surface area contributed by atoms with Crippen molar-refractivity contribution in [3.63, 3.8) is 0 Å². The number of piperidine rings is 1. The molecule has 1 aromatic rings. The summed E-state index contributed by atoms with van der Waals surface area (Å²) in [5.41, 5.74) is 2.39. The molecule has 21 heavy (non-hydrogen) atoms. The number of ether oxygens (including phenoxy) is 1. The Hall–Kier alpha value is -1.78. The van der Waals surface area contributed by atoms with Gasteiger partial charge in [-0.15, -0.1) is 0 Å². The Labute approximate surface area is 125 Å². The van der Waals surface area contributed by atoms with Gasteiger partial charge in [0.15, 0.2) is 0 Å². The molecule has 0 aromatic carbocycles. The number of rotatable bonds is 3. The van der Waals surface area contributed by atoms with Crippen molar-refractivity contribution in [3.8, 4) is 0 Å². The highest BCUT2D eigenvalue weighted by Crippen LogP contribution is 2.23. The Balaban J connectivity index is 2.26. The minimum atomic E-state index is -0.366. The number of nitrogens with one attached hydrogen (secondary N) is 1. The van der Waals surface area contributed by atoms with Gasteiger partial charge >= 0.3 is 5.97 Å². The lowest BCUT2D eigenvalue weighted by Gasteiger charge is -2.30. The first-order chi connectivity index (χ1) is 9.95. The van der Waals surface area contributed by atoms with E-state index in [0.717, 1.165) is 19.5 Å². The smallest absolute Gasteiger partial charge is 0.340 e. The van der Waals surface area contributed by atoms with Gasteiger partial charge in [0.05, 0.1) is 12.2 Å². The fourth-order valence-electron chi connectivity index (χ4n) is 3.01. The molecular weight excluding hydrogens is 268 g/mol. The molecule has 2 rings (SSSR count). The molecule has 0 bridgehead atoms. The fourth-order valence-corrected chi connectivity index (χ4v) is 3.01. The lowest BCUT2D eigenvalue weighted by Crippen LogP contribution is -2.39. The second-order valence-corrected chi connectivity index (χ2v) is 5.84. The molecule has 1 aromatic heterocycles. The number of amides is 1. The number of esters is 1. The predicted octanol–water partition coefficient (Wildman–Crippen LogP) is 2.68. The summed E-state index contributed by atoms with van der Waals surface area (Å²) >= 11 is 0. The number of likely N-dealkylation sites (tertiary alicyclic amines) is 1. The van der Waals surface area contributed by atoms with Crippen LogP contribution in [-0.4, -0.2) is 41.5 Å². The van der Waals surface area contributed by atoms with Gasteiger partial charge in [-0.25, -0.2) is 4.79 Å². The Bertz CT molecular complexity index is 548. The normalized spacial score (nSPS) is 18.7. The molecule has 0 spiro atoms. The second-order valence-electron chi connectivity index (χ2n) is 5.84. The standard InChI is InChI=1S/C16H24N2O3/c1-5-21-16(20)13-11(3)14(17-12(13)4)15(19)18-8-6-7-10(2)9-18/h10,17H,5-9H2,1-4H3. The van der Waals surface area contributed by atoms with Gasteiger partial charge in [-0.05, 0) is 45.1 Å². The molecule has 1 fully saturated rings. The van der Waals surface area contributed by atoms with E-state index in [9.17, 15) is 9.59 Å². The van der Waals surface area contributed by atoms with E-state index in [-0.39, 0.29) is 11.9 Å². The van der Waals surface area contributed by atoms with E-state index in [0.29, 0.717) is 35.0 Å². The minimum absolute atomic E-state index is 0.0160. The zero-order valence-electron chi connectivity index (χ0n) is 13.3. The number of aromatic amines is 1. The number of H-pyrrole nitrogens is 1. The molecule has 0 radical (unpaired) electrons. The predicted molar refractivity (Wildman–Crippen MR) is 80.5 cm³/mol. The zero-order valence-corrected chi connectivity index (χ0v) is 13.3. The Morgan fingerprint density at radius 2 is 2.10 bits per heavy atom. The van der Waals surface area contributed by atoms with Crippen LogP contribution in [0.15, 0.2) is 0 Å². The van der Waals surface area contributed by atoms with Crippen molar-refractivity contribution >= 4 is 11.9 Å². The van der Waals surface area contributed by atoms with Crippen LogP contribution in [0.2, 0.25) is 0 Å². The lowest BCUT2D eigenvalue weighted by atomic mass is 9.99. The summed E-state index contributed by atoms with van der Waals surface area (Å²) in [6, 6.07) is 0. The summed E-state index contributed by atoms with van der Waals surface area (Å²) in [6.07, 6.45) is 2.21. The second kappa shape index (κ2) is 6.33. The summed E-state index contributed by atoms with van der Waals surface area (Å²) in [5.74, 6) is 0.149. The molecule has 5 heteroatoms. The van der Waals surface area contributed by atoms with E-state index in [4.69, 9.17) is 4.74 Å². The van der Waals surface area contributed by atoms with Crippen molar-refractivity contribution < 1.29 is 14.3 Å². The Kier molecular flexibility index (Phi) is 4.70. The monoisotopic (exact) mass is 292 g/mol. The molecule has 5 nitrogen and oxygen atoms in total. The average Bonchev–Trinajstić information content (AvgIpc) is 2.73. The van der Waals surface area contributed by atoms with Crippen LogP contribution >= 0.6 is 0 Å². The van der Waals surface area contributed by atoms with E-state index in [2.05, 4.69) is 11.9 Å². The molecule has 1 atom stereocenters. The molecule has 116 valence electrons. The molecule has 1 amide bonds. The molecule has 1 unspecified atom stereocenters. The van der Waals surface area contributed by atoms with Gasteiger partial charge < -0.3 is 14.6 Å². The van der Waals surface area contributed by atoms with Gasteiger partial charge in [0.2, 0.25) is 0 Å². The Morgan fingerprint density at radius 3 is 2.71 bits per heavy atom. The topological polar surface area (TPSA) is 62.4 Å². The van der Waals surface area contributed by atoms with Gasteiger partial charge in [-0.2, -0.15) is 0 Å². The molecule has 2 heterocycles. The van der Waals surface area contributed by atoms with Gasteiger partial charge in [-0.3, -0.25) is 4.79 Å². The number of hydrogen-bond acceptors (Lipinski definition) is 3. The first kappa shape index (κ1) is 15.6. The number of nitrogens with zero attached hydrogens (tertiary/aromatic N) is 1. The minimum Gasteiger partial charge on any atom is -0.462 e. The van der Waals surface area contributed by atoms with E-state index in [1.54, 1.807) is 20.8 Å². The van der Waals surface area contributed by atoms with E-state index in [1.807, 2.05) is 4.90 Å². The van der Waals surface area contributed by atoms with Crippen LogP contribution in [0.5, 0.6) is 0 Å². The molecule has 1 N–H and O–H groups in total. The van der Waals surface area contributed by atoms with Crippen molar-refractivity contribution in [2.45, 2.75) is 40.5 Å². The van der Waals surface area contributed by atoms with E-state index >= 15 is 0 Å².